The maximum absolute atomic E-state index is 5.65. The molecule has 0 radical (unpaired) electrons. The molecule has 0 N–H and O–H groups in total. The molecule has 158 valence electrons. The molecule has 2 heterocycles. The lowest BCUT2D eigenvalue weighted by molar-refractivity contribution is 0.327. The van der Waals surface area contributed by atoms with Gasteiger partial charge in [-0.25, -0.2) is 0 Å². The predicted octanol–water partition coefficient (Wildman–Crippen LogP) is 4.05. The van der Waals surface area contributed by atoms with Gasteiger partial charge in [-0.2, -0.15) is 5.10 Å². The third-order valence-electron chi connectivity index (χ3n) is 5.75. The predicted molar refractivity (Wildman–Crippen MR) is 116 cm³/mol. The van der Waals surface area contributed by atoms with Crippen molar-refractivity contribution in [2.45, 2.75) is 18.8 Å². The Bertz CT molecular complexity index is 1040. The monoisotopic (exact) mass is 409 g/mol. The van der Waals surface area contributed by atoms with Crippen LogP contribution in [-0.2, 0) is 0 Å². The highest BCUT2D eigenvalue weighted by atomic mass is 16.5. The molecule has 1 saturated heterocycles. The Kier molecular flexibility index (Phi) is 5.79. The van der Waals surface area contributed by atoms with E-state index >= 15 is 0 Å². The third-order valence-corrected chi connectivity index (χ3v) is 5.75. The summed E-state index contributed by atoms with van der Waals surface area (Å²) in [5.41, 5.74) is 1.23. The largest absolute Gasteiger partial charge is 0.496 e. The molecule has 0 bridgehead atoms. The summed E-state index contributed by atoms with van der Waals surface area (Å²) >= 11 is 0. The number of hydrogen-bond donors (Lipinski definition) is 0. The minimum Gasteiger partial charge on any atom is -0.496 e. The van der Waals surface area contributed by atoms with Crippen LogP contribution in [-0.4, -0.2) is 51.7 Å². The fourth-order valence-corrected chi connectivity index (χ4v) is 4.35. The molecule has 1 aliphatic heterocycles. The summed E-state index contributed by atoms with van der Waals surface area (Å²) in [5, 5.41) is 10.5. The SMILES string of the molecule is COc1ccccc1C1CCCN(c2nncc3c(OC)c(OC)c(OC)cc23)C1. The lowest BCUT2D eigenvalue weighted by atomic mass is 9.90. The Morgan fingerprint density at radius 3 is 2.40 bits per heavy atom. The Morgan fingerprint density at radius 1 is 0.900 bits per heavy atom. The maximum atomic E-state index is 5.65. The van der Waals surface area contributed by atoms with E-state index in [0.717, 1.165) is 48.3 Å². The maximum Gasteiger partial charge on any atom is 0.204 e. The minimum absolute atomic E-state index is 0.356. The summed E-state index contributed by atoms with van der Waals surface area (Å²) in [4.78, 5) is 2.29. The standard InChI is InChI=1S/C23H27N3O4/c1-27-19-10-6-5-9-16(19)15-8-7-11-26(14-15)23-17-12-20(28-2)22(30-4)21(29-3)18(17)13-24-25-23/h5-6,9-10,12-13,15H,7-8,11,14H2,1-4H3. The van der Waals surface area contributed by atoms with Crippen LogP contribution < -0.4 is 23.8 Å². The van der Waals surface area contributed by atoms with Gasteiger partial charge in [0.25, 0.3) is 0 Å². The molecular formula is C23H27N3O4. The fourth-order valence-electron chi connectivity index (χ4n) is 4.35. The zero-order chi connectivity index (χ0) is 21.1. The van der Waals surface area contributed by atoms with Crippen LogP contribution in [0.3, 0.4) is 0 Å². The summed E-state index contributed by atoms with van der Waals surface area (Å²) < 4.78 is 22.3. The highest BCUT2D eigenvalue weighted by Crippen LogP contribution is 2.45. The van der Waals surface area contributed by atoms with Gasteiger partial charge >= 0.3 is 0 Å². The molecule has 0 spiro atoms. The van der Waals surface area contributed by atoms with E-state index < -0.39 is 0 Å². The topological polar surface area (TPSA) is 65.9 Å². The Balaban J connectivity index is 1.77. The van der Waals surface area contributed by atoms with E-state index in [9.17, 15) is 0 Å². The summed E-state index contributed by atoms with van der Waals surface area (Å²) in [5.74, 6) is 3.87. The van der Waals surface area contributed by atoms with Gasteiger partial charge in [-0.05, 0) is 30.5 Å². The van der Waals surface area contributed by atoms with Crippen molar-refractivity contribution >= 4 is 16.6 Å². The van der Waals surface area contributed by atoms with Crippen molar-refractivity contribution in [1.29, 1.82) is 0 Å². The molecule has 30 heavy (non-hydrogen) atoms. The zero-order valence-electron chi connectivity index (χ0n) is 17.8. The van der Waals surface area contributed by atoms with E-state index in [0.29, 0.717) is 23.2 Å². The quantitative estimate of drug-likeness (QED) is 0.608. The molecular weight excluding hydrogens is 382 g/mol. The van der Waals surface area contributed by atoms with E-state index in [4.69, 9.17) is 18.9 Å². The van der Waals surface area contributed by atoms with Crippen LogP contribution in [0.5, 0.6) is 23.0 Å². The molecule has 1 atom stereocenters. The molecule has 1 fully saturated rings. The van der Waals surface area contributed by atoms with Gasteiger partial charge in [0.1, 0.15) is 5.75 Å². The first kappa shape index (κ1) is 20.1. The van der Waals surface area contributed by atoms with Crippen molar-refractivity contribution in [2.24, 2.45) is 0 Å². The molecule has 1 unspecified atom stereocenters. The molecule has 7 heteroatoms. The van der Waals surface area contributed by atoms with Crippen LogP contribution in [0, 0.1) is 0 Å². The van der Waals surface area contributed by atoms with Gasteiger partial charge in [0.05, 0.1) is 40.0 Å². The van der Waals surface area contributed by atoms with E-state index in [1.165, 1.54) is 5.56 Å². The second kappa shape index (κ2) is 8.65. The smallest absolute Gasteiger partial charge is 0.204 e. The van der Waals surface area contributed by atoms with Crippen molar-refractivity contribution in [1.82, 2.24) is 10.2 Å². The van der Waals surface area contributed by atoms with E-state index in [1.54, 1.807) is 34.6 Å². The van der Waals surface area contributed by atoms with Gasteiger partial charge in [-0.15, -0.1) is 5.10 Å². The summed E-state index contributed by atoms with van der Waals surface area (Å²) in [6.45, 7) is 1.75. The average molecular weight is 409 g/mol. The normalized spacial score (nSPS) is 16.4. The highest BCUT2D eigenvalue weighted by molar-refractivity contribution is 5.99. The van der Waals surface area contributed by atoms with Gasteiger partial charge < -0.3 is 23.8 Å². The lowest BCUT2D eigenvalue weighted by Crippen LogP contribution is -2.35. The number of benzene rings is 2. The van der Waals surface area contributed by atoms with Crippen molar-refractivity contribution in [3.8, 4) is 23.0 Å². The zero-order valence-corrected chi connectivity index (χ0v) is 17.8. The number of piperidine rings is 1. The summed E-state index contributed by atoms with van der Waals surface area (Å²) in [7, 11) is 6.57. The number of aromatic nitrogens is 2. The van der Waals surface area contributed by atoms with Gasteiger partial charge in [0.2, 0.25) is 5.75 Å². The van der Waals surface area contributed by atoms with Crippen molar-refractivity contribution < 1.29 is 18.9 Å². The molecule has 1 aliphatic rings. The van der Waals surface area contributed by atoms with Crippen LogP contribution >= 0.6 is 0 Å². The Labute approximate surface area is 176 Å². The Morgan fingerprint density at radius 2 is 1.67 bits per heavy atom. The first-order chi connectivity index (χ1) is 14.7. The number of nitrogens with zero attached hydrogens (tertiary/aromatic N) is 3. The summed E-state index contributed by atoms with van der Waals surface area (Å²) in [6.07, 6.45) is 3.88. The van der Waals surface area contributed by atoms with E-state index in [2.05, 4.69) is 27.2 Å². The van der Waals surface area contributed by atoms with Gasteiger partial charge in [0.15, 0.2) is 17.3 Å². The van der Waals surface area contributed by atoms with Crippen molar-refractivity contribution in [3.05, 3.63) is 42.1 Å². The van der Waals surface area contributed by atoms with Gasteiger partial charge in [-0.1, -0.05) is 18.2 Å². The second-order valence-electron chi connectivity index (χ2n) is 7.30. The molecule has 0 amide bonds. The van der Waals surface area contributed by atoms with Crippen LogP contribution in [0.2, 0.25) is 0 Å². The molecule has 4 rings (SSSR count). The van der Waals surface area contributed by atoms with Crippen LogP contribution in [0.1, 0.15) is 24.3 Å². The van der Waals surface area contributed by atoms with Crippen molar-refractivity contribution in [3.63, 3.8) is 0 Å². The molecule has 1 aromatic heterocycles. The molecule has 7 nitrogen and oxygen atoms in total. The molecule has 0 aliphatic carbocycles. The molecule has 0 saturated carbocycles. The third kappa shape index (κ3) is 3.44. The van der Waals surface area contributed by atoms with Gasteiger partial charge in [0, 0.05) is 24.4 Å². The lowest BCUT2D eigenvalue weighted by Gasteiger charge is -2.34. The molecule has 3 aromatic rings. The number of rotatable bonds is 6. The van der Waals surface area contributed by atoms with E-state index in [1.807, 2.05) is 18.2 Å². The summed E-state index contributed by atoms with van der Waals surface area (Å²) in [6, 6.07) is 10.2. The van der Waals surface area contributed by atoms with Crippen molar-refractivity contribution in [2.75, 3.05) is 46.4 Å². The Hall–Kier alpha value is -3.22. The minimum atomic E-state index is 0.356. The molecule has 2 aromatic carbocycles. The van der Waals surface area contributed by atoms with Crippen LogP contribution in [0.25, 0.3) is 10.8 Å². The number of anilines is 1. The van der Waals surface area contributed by atoms with Crippen LogP contribution in [0.15, 0.2) is 36.5 Å². The first-order valence-electron chi connectivity index (χ1n) is 10.0. The second-order valence-corrected chi connectivity index (χ2v) is 7.30. The van der Waals surface area contributed by atoms with Crippen LogP contribution in [0.4, 0.5) is 5.82 Å². The fraction of sp³-hybridized carbons (Fsp3) is 0.391. The average Bonchev–Trinajstić information content (AvgIpc) is 2.82. The highest BCUT2D eigenvalue weighted by Gasteiger charge is 2.27. The number of fused-ring (bicyclic) bond motifs is 1. The number of hydrogen-bond acceptors (Lipinski definition) is 7. The number of methoxy groups -OCH3 is 4. The first-order valence-corrected chi connectivity index (χ1v) is 10.0. The van der Waals surface area contributed by atoms with E-state index in [-0.39, 0.29) is 0 Å². The number of ether oxygens (including phenoxy) is 4. The number of para-hydroxylation sites is 1. The van der Waals surface area contributed by atoms with Gasteiger partial charge in [-0.3, -0.25) is 0 Å².